The highest BCUT2D eigenvalue weighted by molar-refractivity contribution is 5.94. The van der Waals surface area contributed by atoms with Crippen LogP contribution in [0, 0.1) is 11.3 Å². The molecule has 0 radical (unpaired) electrons. The molecule has 5 rings (SSSR count). The predicted octanol–water partition coefficient (Wildman–Crippen LogP) is 5.58. The first-order valence-corrected chi connectivity index (χ1v) is 11.8. The molecule has 4 heteroatoms. The van der Waals surface area contributed by atoms with Crippen molar-refractivity contribution in [3.05, 3.63) is 119 Å². The summed E-state index contributed by atoms with van der Waals surface area (Å²) in [7, 11) is 0. The quantitative estimate of drug-likeness (QED) is 0.348. The Morgan fingerprint density at radius 2 is 1.47 bits per heavy atom. The number of allylic oxidation sites excluding steroid dienone is 1. The molecule has 1 saturated carbocycles. The van der Waals surface area contributed by atoms with Crippen LogP contribution < -0.4 is 0 Å². The van der Waals surface area contributed by atoms with Crippen molar-refractivity contribution in [2.75, 3.05) is 6.61 Å². The SMILES string of the molecule is C=C1CC2COC(=O)C2(Cc2ccc(C(=O)N(Cc3ccccc3)Cc3ccccc3)cc2)C1. The number of hydrogen-bond donors (Lipinski definition) is 0. The molecule has 1 heterocycles. The zero-order valence-electron chi connectivity index (χ0n) is 19.3. The van der Waals surface area contributed by atoms with Gasteiger partial charge in [0.2, 0.25) is 0 Å². The molecule has 1 saturated heterocycles. The van der Waals surface area contributed by atoms with E-state index in [2.05, 4.69) is 6.58 Å². The molecule has 0 N–H and O–H groups in total. The lowest BCUT2D eigenvalue weighted by molar-refractivity contribution is -0.146. The number of rotatable bonds is 7. The molecule has 2 fully saturated rings. The highest BCUT2D eigenvalue weighted by atomic mass is 16.5. The fraction of sp³-hybridized carbons (Fsp3) is 0.267. The number of cyclic esters (lactones) is 1. The third-order valence-electron chi connectivity index (χ3n) is 7.14. The van der Waals surface area contributed by atoms with Gasteiger partial charge < -0.3 is 9.64 Å². The summed E-state index contributed by atoms with van der Waals surface area (Å²) in [5.41, 5.74) is 4.52. The van der Waals surface area contributed by atoms with Crippen LogP contribution in [-0.2, 0) is 29.0 Å². The van der Waals surface area contributed by atoms with Crippen molar-refractivity contribution in [3.63, 3.8) is 0 Å². The summed E-state index contributed by atoms with van der Waals surface area (Å²) in [6.45, 7) is 5.69. The molecule has 2 unspecified atom stereocenters. The molecule has 2 aliphatic rings. The summed E-state index contributed by atoms with van der Waals surface area (Å²) >= 11 is 0. The van der Waals surface area contributed by atoms with Gasteiger partial charge in [-0.3, -0.25) is 9.59 Å². The number of esters is 1. The Bertz CT molecular complexity index is 1150. The van der Waals surface area contributed by atoms with Gasteiger partial charge in [0.15, 0.2) is 0 Å². The van der Waals surface area contributed by atoms with Crippen LogP contribution in [0.2, 0.25) is 0 Å². The number of carbonyl (C=O) groups excluding carboxylic acids is 2. The van der Waals surface area contributed by atoms with Crippen LogP contribution in [0.5, 0.6) is 0 Å². The zero-order valence-corrected chi connectivity index (χ0v) is 19.3. The zero-order chi connectivity index (χ0) is 23.5. The van der Waals surface area contributed by atoms with Crippen molar-refractivity contribution in [2.45, 2.75) is 32.4 Å². The monoisotopic (exact) mass is 451 g/mol. The molecule has 0 bridgehead atoms. The molecule has 1 amide bonds. The Hall–Kier alpha value is -3.66. The average Bonchev–Trinajstić information content (AvgIpc) is 3.33. The van der Waals surface area contributed by atoms with Crippen molar-refractivity contribution >= 4 is 11.9 Å². The van der Waals surface area contributed by atoms with Gasteiger partial charge in [-0.05, 0) is 48.1 Å². The maximum atomic E-state index is 13.5. The molecule has 2 atom stereocenters. The van der Waals surface area contributed by atoms with Crippen LogP contribution in [0.25, 0.3) is 0 Å². The number of benzene rings is 3. The number of fused-ring (bicyclic) bond motifs is 1. The Morgan fingerprint density at radius 1 is 0.882 bits per heavy atom. The lowest BCUT2D eigenvalue weighted by atomic mass is 9.75. The van der Waals surface area contributed by atoms with E-state index < -0.39 is 5.41 Å². The fourth-order valence-corrected chi connectivity index (χ4v) is 5.38. The van der Waals surface area contributed by atoms with Crippen LogP contribution in [0.3, 0.4) is 0 Å². The van der Waals surface area contributed by atoms with Crippen molar-refractivity contribution in [3.8, 4) is 0 Å². The smallest absolute Gasteiger partial charge is 0.313 e. The largest absolute Gasteiger partial charge is 0.465 e. The second-order valence-corrected chi connectivity index (χ2v) is 9.59. The van der Waals surface area contributed by atoms with E-state index in [4.69, 9.17) is 4.74 Å². The molecule has 172 valence electrons. The Balaban J connectivity index is 1.35. The van der Waals surface area contributed by atoms with Crippen LogP contribution in [-0.4, -0.2) is 23.4 Å². The van der Waals surface area contributed by atoms with Crippen molar-refractivity contribution in [1.82, 2.24) is 4.90 Å². The second-order valence-electron chi connectivity index (χ2n) is 9.59. The normalized spacial score (nSPS) is 21.2. The molecule has 3 aromatic carbocycles. The Morgan fingerprint density at radius 3 is 2.06 bits per heavy atom. The van der Waals surface area contributed by atoms with Crippen LogP contribution in [0.4, 0.5) is 0 Å². The molecular formula is C30H29NO3. The third-order valence-corrected chi connectivity index (χ3v) is 7.14. The van der Waals surface area contributed by atoms with E-state index in [1.165, 1.54) is 0 Å². The van der Waals surface area contributed by atoms with Gasteiger partial charge in [-0.1, -0.05) is 84.9 Å². The average molecular weight is 452 g/mol. The number of amides is 1. The van der Waals surface area contributed by atoms with Crippen molar-refractivity contribution < 1.29 is 14.3 Å². The Labute approximate surface area is 200 Å². The molecule has 3 aromatic rings. The van der Waals surface area contributed by atoms with Gasteiger partial charge in [0.25, 0.3) is 5.91 Å². The molecule has 34 heavy (non-hydrogen) atoms. The lowest BCUT2D eigenvalue weighted by Gasteiger charge is -2.25. The maximum absolute atomic E-state index is 13.5. The van der Waals surface area contributed by atoms with E-state index in [0.717, 1.165) is 28.7 Å². The summed E-state index contributed by atoms with van der Waals surface area (Å²) in [5, 5.41) is 0. The third kappa shape index (κ3) is 4.41. The summed E-state index contributed by atoms with van der Waals surface area (Å²) < 4.78 is 5.41. The van der Waals surface area contributed by atoms with Crippen LogP contribution in [0.1, 0.15) is 39.9 Å². The molecule has 0 aromatic heterocycles. The molecule has 1 aliphatic heterocycles. The van der Waals surface area contributed by atoms with Gasteiger partial charge in [-0.2, -0.15) is 0 Å². The Kier molecular flexibility index (Phi) is 6.06. The summed E-state index contributed by atoms with van der Waals surface area (Å²) in [4.78, 5) is 28.0. The molecule has 1 aliphatic carbocycles. The maximum Gasteiger partial charge on any atom is 0.313 e. The van der Waals surface area contributed by atoms with Crippen LogP contribution >= 0.6 is 0 Å². The summed E-state index contributed by atoms with van der Waals surface area (Å²) in [6, 6.07) is 27.8. The lowest BCUT2D eigenvalue weighted by Crippen LogP contribution is -2.32. The fourth-order valence-electron chi connectivity index (χ4n) is 5.38. The minimum Gasteiger partial charge on any atom is -0.465 e. The first-order chi connectivity index (χ1) is 16.5. The van der Waals surface area contributed by atoms with Crippen molar-refractivity contribution in [2.24, 2.45) is 11.3 Å². The van der Waals surface area contributed by atoms with E-state index in [1.807, 2.05) is 89.8 Å². The van der Waals surface area contributed by atoms with Crippen molar-refractivity contribution in [1.29, 1.82) is 0 Å². The van der Waals surface area contributed by atoms with Gasteiger partial charge in [0, 0.05) is 24.6 Å². The highest BCUT2D eigenvalue weighted by Gasteiger charge is 2.55. The van der Waals surface area contributed by atoms with E-state index >= 15 is 0 Å². The van der Waals surface area contributed by atoms with E-state index in [0.29, 0.717) is 38.1 Å². The van der Waals surface area contributed by atoms with Gasteiger partial charge in [0.05, 0.1) is 12.0 Å². The second kappa shape index (κ2) is 9.30. The topological polar surface area (TPSA) is 46.6 Å². The minimum atomic E-state index is -0.491. The number of nitrogens with zero attached hydrogens (tertiary/aromatic N) is 1. The number of hydrogen-bond acceptors (Lipinski definition) is 3. The summed E-state index contributed by atoms with van der Waals surface area (Å²) in [6.07, 6.45) is 2.18. The van der Waals surface area contributed by atoms with E-state index in [9.17, 15) is 9.59 Å². The molecule has 4 nitrogen and oxygen atoms in total. The summed E-state index contributed by atoms with van der Waals surface area (Å²) in [5.74, 6) is 0.0964. The standard InChI is InChI=1S/C30H29NO3/c1-22-16-27-21-34-29(33)30(27,17-22)18-23-12-14-26(15-13-23)28(32)31(19-24-8-4-2-5-9-24)20-25-10-6-3-7-11-25/h2-15,27H,1,16-21H2. The first-order valence-electron chi connectivity index (χ1n) is 11.8. The minimum absolute atomic E-state index is 0.00943. The van der Waals surface area contributed by atoms with E-state index in [1.54, 1.807) is 0 Å². The van der Waals surface area contributed by atoms with Gasteiger partial charge in [-0.25, -0.2) is 0 Å². The number of carbonyl (C=O) groups is 2. The van der Waals surface area contributed by atoms with E-state index in [-0.39, 0.29) is 17.8 Å². The van der Waals surface area contributed by atoms with Gasteiger partial charge >= 0.3 is 5.97 Å². The molecule has 0 spiro atoms. The van der Waals surface area contributed by atoms with Crippen LogP contribution in [0.15, 0.2) is 97.1 Å². The first kappa shape index (κ1) is 22.1. The predicted molar refractivity (Wildman–Crippen MR) is 132 cm³/mol. The van der Waals surface area contributed by atoms with Gasteiger partial charge in [-0.15, -0.1) is 0 Å². The number of ether oxygens (including phenoxy) is 1. The highest BCUT2D eigenvalue weighted by Crippen LogP contribution is 2.52. The molecular weight excluding hydrogens is 422 g/mol. The van der Waals surface area contributed by atoms with Gasteiger partial charge in [0.1, 0.15) is 0 Å².